The summed E-state index contributed by atoms with van der Waals surface area (Å²) in [7, 11) is 0. The van der Waals surface area contributed by atoms with Crippen LogP contribution in [0.5, 0.6) is 0 Å². The second-order valence-corrected chi connectivity index (χ2v) is 5.89. The van der Waals surface area contributed by atoms with Gasteiger partial charge in [0.1, 0.15) is 0 Å². The van der Waals surface area contributed by atoms with Crippen molar-refractivity contribution in [2.75, 3.05) is 0 Å². The molecule has 3 rings (SSSR count). The van der Waals surface area contributed by atoms with Crippen molar-refractivity contribution in [3.8, 4) is 0 Å². The minimum absolute atomic E-state index is 0.0468. The summed E-state index contributed by atoms with van der Waals surface area (Å²) in [5.41, 5.74) is 0.457. The number of alkyl halides is 3. The van der Waals surface area contributed by atoms with Gasteiger partial charge in [-0.2, -0.15) is 13.2 Å². The Morgan fingerprint density at radius 2 is 2.00 bits per heavy atom. The van der Waals surface area contributed by atoms with E-state index in [1.54, 1.807) is 12.3 Å². The Hall–Kier alpha value is -1.58. The third-order valence-electron chi connectivity index (χ3n) is 4.16. The Labute approximate surface area is 115 Å². The van der Waals surface area contributed by atoms with Crippen molar-refractivity contribution in [1.82, 2.24) is 4.98 Å². The average Bonchev–Trinajstić information content (AvgIpc) is 3.16. The van der Waals surface area contributed by atoms with Crippen molar-refractivity contribution in [2.24, 2.45) is 11.8 Å². The van der Waals surface area contributed by atoms with E-state index in [-0.39, 0.29) is 5.52 Å². The van der Waals surface area contributed by atoms with Crippen molar-refractivity contribution in [1.29, 1.82) is 0 Å². The standard InChI is InChI=1S/C16H16F3N/c1-9(2)12-7-13(12)11-6-10-4-3-5-14(16(17,18)19)15(10)20-8-11/h3-6,8-9,12-13H,7H2,1-2H3/t12-,13-/m1/s1. The van der Waals surface area contributed by atoms with Crippen LogP contribution in [0.1, 0.15) is 37.3 Å². The number of para-hydroxylation sites is 1. The van der Waals surface area contributed by atoms with Crippen LogP contribution in [-0.4, -0.2) is 4.98 Å². The van der Waals surface area contributed by atoms with Crippen LogP contribution >= 0.6 is 0 Å². The quantitative estimate of drug-likeness (QED) is 0.752. The highest BCUT2D eigenvalue weighted by molar-refractivity contribution is 5.82. The van der Waals surface area contributed by atoms with Gasteiger partial charge in [-0.1, -0.05) is 26.0 Å². The smallest absolute Gasteiger partial charge is 0.255 e. The first-order valence-electron chi connectivity index (χ1n) is 6.84. The largest absolute Gasteiger partial charge is 0.418 e. The van der Waals surface area contributed by atoms with Gasteiger partial charge in [-0.25, -0.2) is 0 Å². The SMILES string of the molecule is CC(C)[C@H]1C[C@@H]1c1cnc2c(C(F)(F)F)cccc2c1. The lowest BCUT2D eigenvalue weighted by atomic mass is 10.0. The highest BCUT2D eigenvalue weighted by Gasteiger charge is 2.40. The Morgan fingerprint density at radius 3 is 2.60 bits per heavy atom. The lowest BCUT2D eigenvalue weighted by Gasteiger charge is -2.10. The molecular weight excluding hydrogens is 263 g/mol. The normalized spacial score (nSPS) is 22.5. The molecule has 2 aromatic rings. The molecule has 1 heterocycles. The number of hydrogen-bond acceptors (Lipinski definition) is 1. The van der Waals surface area contributed by atoms with Crippen LogP contribution in [0.2, 0.25) is 0 Å². The van der Waals surface area contributed by atoms with E-state index in [1.165, 1.54) is 6.07 Å². The molecule has 1 nitrogen and oxygen atoms in total. The minimum atomic E-state index is -4.35. The Bertz CT molecular complexity index is 646. The Balaban J connectivity index is 2.02. The first kappa shape index (κ1) is 13.4. The molecule has 0 saturated heterocycles. The third kappa shape index (κ3) is 2.28. The average molecular weight is 279 g/mol. The van der Waals surface area contributed by atoms with E-state index < -0.39 is 11.7 Å². The van der Waals surface area contributed by atoms with Gasteiger partial charge in [-0.05, 0) is 41.9 Å². The molecule has 20 heavy (non-hydrogen) atoms. The van der Waals surface area contributed by atoms with Crippen LogP contribution in [0.25, 0.3) is 10.9 Å². The van der Waals surface area contributed by atoms with Gasteiger partial charge in [0.05, 0.1) is 11.1 Å². The van der Waals surface area contributed by atoms with E-state index in [0.29, 0.717) is 23.1 Å². The van der Waals surface area contributed by atoms with E-state index in [1.807, 2.05) is 6.07 Å². The monoisotopic (exact) mass is 279 g/mol. The van der Waals surface area contributed by atoms with E-state index in [2.05, 4.69) is 18.8 Å². The number of fused-ring (bicyclic) bond motifs is 1. The molecule has 1 aromatic carbocycles. The van der Waals surface area contributed by atoms with Crippen LogP contribution in [0.15, 0.2) is 30.5 Å². The molecule has 4 heteroatoms. The Kier molecular flexibility index (Phi) is 3.00. The zero-order chi connectivity index (χ0) is 14.5. The fourth-order valence-corrected chi connectivity index (χ4v) is 2.94. The first-order valence-corrected chi connectivity index (χ1v) is 6.84. The molecule has 0 bridgehead atoms. The molecule has 0 unspecified atom stereocenters. The number of hydrogen-bond donors (Lipinski definition) is 0. The fourth-order valence-electron chi connectivity index (χ4n) is 2.94. The van der Waals surface area contributed by atoms with E-state index in [9.17, 15) is 13.2 Å². The van der Waals surface area contributed by atoms with E-state index in [4.69, 9.17) is 0 Å². The molecule has 0 spiro atoms. The lowest BCUT2D eigenvalue weighted by molar-refractivity contribution is -0.136. The van der Waals surface area contributed by atoms with E-state index in [0.717, 1.165) is 18.1 Å². The van der Waals surface area contributed by atoms with Gasteiger partial charge in [0.2, 0.25) is 0 Å². The molecule has 0 radical (unpaired) electrons. The minimum Gasteiger partial charge on any atom is -0.255 e. The van der Waals surface area contributed by atoms with Gasteiger partial charge < -0.3 is 0 Å². The van der Waals surface area contributed by atoms with Gasteiger partial charge in [0.25, 0.3) is 0 Å². The maximum absolute atomic E-state index is 12.9. The van der Waals surface area contributed by atoms with Gasteiger partial charge in [-0.3, -0.25) is 4.98 Å². The van der Waals surface area contributed by atoms with Crippen molar-refractivity contribution < 1.29 is 13.2 Å². The fraction of sp³-hybridized carbons (Fsp3) is 0.438. The summed E-state index contributed by atoms with van der Waals surface area (Å²) < 4.78 is 38.8. The van der Waals surface area contributed by atoms with Crippen LogP contribution in [0.4, 0.5) is 13.2 Å². The molecule has 1 saturated carbocycles. The molecule has 1 aliphatic carbocycles. The molecule has 0 N–H and O–H groups in total. The third-order valence-corrected chi connectivity index (χ3v) is 4.16. The predicted octanol–water partition coefficient (Wildman–Crippen LogP) is 5.01. The molecule has 106 valence electrons. The number of benzene rings is 1. The highest BCUT2D eigenvalue weighted by atomic mass is 19.4. The highest BCUT2D eigenvalue weighted by Crippen LogP contribution is 2.52. The van der Waals surface area contributed by atoms with Gasteiger partial charge >= 0.3 is 6.18 Å². The maximum Gasteiger partial charge on any atom is 0.418 e. The topological polar surface area (TPSA) is 12.9 Å². The zero-order valence-corrected chi connectivity index (χ0v) is 11.4. The summed E-state index contributed by atoms with van der Waals surface area (Å²) in [4.78, 5) is 4.08. The number of halogens is 3. The van der Waals surface area contributed by atoms with Crippen LogP contribution in [0.3, 0.4) is 0 Å². The molecule has 1 aromatic heterocycles. The molecule has 0 aliphatic heterocycles. The second-order valence-electron chi connectivity index (χ2n) is 5.89. The van der Waals surface area contributed by atoms with Crippen molar-refractivity contribution >= 4 is 10.9 Å². The summed E-state index contributed by atoms with van der Waals surface area (Å²) in [6.45, 7) is 4.36. The molecule has 2 atom stereocenters. The first-order chi connectivity index (χ1) is 9.38. The summed E-state index contributed by atoms with van der Waals surface area (Å²) in [5, 5.41) is 0.576. The van der Waals surface area contributed by atoms with E-state index >= 15 is 0 Å². The van der Waals surface area contributed by atoms with Crippen molar-refractivity contribution in [3.05, 3.63) is 41.6 Å². The van der Waals surface area contributed by atoms with Crippen LogP contribution < -0.4 is 0 Å². The summed E-state index contributed by atoms with van der Waals surface area (Å²) in [5.74, 6) is 1.71. The molecular formula is C16H16F3N. The molecule has 0 amide bonds. The predicted molar refractivity (Wildman–Crippen MR) is 72.4 cm³/mol. The summed E-state index contributed by atoms with van der Waals surface area (Å²) >= 11 is 0. The number of nitrogens with zero attached hydrogens (tertiary/aromatic N) is 1. The number of rotatable bonds is 2. The van der Waals surface area contributed by atoms with Gasteiger partial charge in [-0.15, -0.1) is 0 Å². The maximum atomic E-state index is 12.9. The summed E-state index contributed by atoms with van der Waals surface area (Å²) in [6.07, 6.45) is -1.62. The van der Waals surface area contributed by atoms with Gasteiger partial charge in [0, 0.05) is 11.6 Å². The summed E-state index contributed by atoms with van der Waals surface area (Å²) in [6, 6.07) is 6.10. The van der Waals surface area contributed by atoms with Crippen LogP contribution in [0, 0.1) is 11.8 Å². The van der Waals surface area contributed by atoms with Crippen molar-refractivity contribution in [3.63, 3.8) is 0 Å². The molecule has 1 aliphatic rings. The molecule has 1 fully saturated rings. The second kappa shape index (κ2) is 4.47. The zero-order valence-electron chi connectivity index (χ0n) is 11.4. The number of pyridine rings is 1. The van der Waals surface area contributed by atoms with Crippen LogP contribution in [-0.2, 0) is 6.18 Å². The lowest BCUT2D eigenvalue weighted by Crippen LogP contribution is -2.06. The number of aromatic nitrogens is 1. The van der Waals surface area contributed by atoms with Gasteiger partial charge in [0.15, 0.2) is 0 Å². The Morgan fingerprint density at radius 1 is 1.25 bits per heavy atom. The van der Waals surface area contributed by atoms with Crippen molar-refractivity contribution in [2.45, 2.75) is 32.4 Å².